The predicted octanol–water partition coefficient (Wildman–Crippen LogP) is 3.55. The van der Waals surface area contributed by atoms with E-state index in [0.29, 0.717) is 36.8 Å². The van der Waals surface area contributed by atoms with E-state index in [4.69, 9.17) is 4.74 Å². The number of nitrogens with zero attached hydrogens (tertiary/aromatic N) is 1. The van der Waals surface area contributed by atoms with Crippen LogP contribution in [0.2, 0.25) is 0 Å². The van der Waals surface area contributed by atoms with E-state index in [-0.39, 0.29) is 23.5 Å². The lowest BCUT2D eigenvalue weighted by Gasteiger charge is -2.23. The molecule has 1 aliphatic carbocycles. The van der Waals surface area contributed by atoms with Gasteiger partial charge in [0, 0.05) is 24.1 Å². The Labute approximate surface area is 187 Å². The Morgan fingerprint density at radius 3 is 2.78 bits per heavy atom. The summed E-state index contributed by atoms with van der Waals surface area (Å²) in [6.07, 6.45) is 8.54. The molecule has 1 saturated heterocycles. The van der Waals surface area contributed by atoms with Gasteiger partial charge in [-0.15, -0.1) is 0 Å². The normalized spacial score (nSPS) is 19.5. The molecule has 2 aliphatic rings. The highest BCUT2D eigenvalue weighted by molar-refractivity contribution is 5.98. The summed E-state index contributed by atoms with van der Waals surface area (Å²) in [6.45, 7) is 1.15. The van der Waals surface area contributed by atoms with Crippen LogP contribution in [-0.4, -0.2) is 42.1 Å². The smallest absolute Gasteiger partial charge is 0.252 e. The second-order valence-electron chi connectivity index (χ2n) is 8.54. The van der Waals surface area contributed by atoms with Crippen LogP contribution in [0.5, 0.6) is 0 Å². The molecule has 0 radical (unpaired) electrons. The molecule has 170 valence electrons. The molecule has 4 rings (SSSR count). The number of anilines is 2. The molecular weight excluding hydrogens is 411 g/mol. The number of benzene rings is 1. The second-order valence-corrected chi connectivity index (χ2v) is 8.54. The minimum absolute atomic E-state index is 0.00623. The lowest BCUT2D eigenvalue weighted by molar-refractivity contribution is -0.124. The number of ether oxygens (including phenoxy) is 1. The lowest BCUT2D eigenvalue weighted by atomic mass is 9.97. The van der Waals surface area contributed by atoms with Crippen LogP contribution in [0.1, 0.15) is 48.9 Å². The fourth-order valence-electron chi connectivity index (χ4n) is 4.37. The van der Waals surface area contributed by atoms with Crippen molar-refractivity contribution in [2.45, 2.75) is 50.6 Å². The van der Waals surface area contributed by atoms with Crippen molar-refractivity contribution >= 4 is 23.2 Å². The summed E-state index contributed by atoms with van der Waals surface area (Å²) >= 11 is 0. The van der Waals surface area contributed by atoms with Crippen molar-refractivity contribution in [1.82, 2.24) is 15.6 Å². The van der Waals surface area contributed by atoms with Crippen LogP contribution in [0, 0.1) is 11.7 Å². The molecule has 8 heteroatoms. The Morgan fingerprint density at radius 1 is 1.19 bits per heavy atom. The Morgan fingerprint density at radius 2 is 2.03 bits per heavy atom. The van der Waals surface area contributed by atoms with E-state index in [1.54, 1.807) is 24.3 Å². The van der Waals surface area contributed by atoms with Gasteiger partial charge in [-0.2, -0.15) is 0 Å². The zero-order valence-corrected chi connectivity index (χ0v) is 18.0. The van der Waals surface area contributed by atoms with E-state index < -0.39 is 11.9 Å². The fraction of sp³-hybridized carbons (Fsp3) is 0.458. The summed E-state index contributed by atoms with van der Waals surface area (Å²) < 4.78 is 19.3. The van der Waals surface area contributed by atoms with Crippen LogP contribution in [0.3, 0.4) is 0 Å². The summed E-state index contributed by atoms with van der Waals surface area (Å²) in [6, 6.07) is 7.71. The zero-order chi connectivity index (χ0) is 22.3. The number of hydrogen-bond donors (Lipinski definition) is 3. The van der Waals surface area contributed by atoms with Gasteiger partial charge in [0.05, 0.1) is 24.5 Å². The number of aromatic nitrogens is 1. The second kappa shape index (κ2) is 10.5. The van der Waals surface area contributed by atoms with Gasteiger partial charge in [0.15, 0.2) is 5.82 Å². The van der Waals surface area contributed by atoms with Gasteiger partial charge in [-0.1, -0.05) is 31.7 Å². The van der Waals surface area contributed by atoms with E-state index in [1.807, 2.05) is 0 Å². The summed E-state index contributed by atoms with van der Waals surface area (Å²) in [5, 5.41) is 8.92. The Bertz CT molecular complexity index is 942. The summed E-state index contributed by atoms with van der Waals surface area (Å²) in [5.41, 5.74) is 1.25. The molecule has 2 amide bonds. The van der Waals surface area contributed by atoms with Gasteiger partial charge >= 0.3 is 0 Å². The summed E-state index contributed by atoms with van der Waals surface area (Å²) in [7, 11) is 0. The minimum Gasteiger partial charge on any atom is -0.379 e. The Balaban J connectivity index is 1.44. The van der Waals surface area contributed by atoms with E-state index in [1.165, 1.54) is 25.1 Å². The van der Waals surface area contributed by atoms with Crippen LogP contribution in [-0.2, 0) is 9.53 Å². The molecule has 0 spiro atoms. The molecule has 1 aromatic heterocycles. The third-order valence-corrected chi connectivity index (χ3v) is 6.12. The van der Waals surface area contributed by atoms with Crippen LogP contribution in [0.25, 0.3) is 0 Å². The third-order valence-electron chi connectivity index (χ3n) is 6.12. The van der Waals surface area contributed by atoms with Gasteiger partial charge in [-0.05, 0) is 43.0 Å². The third kappa shape index (κ3) is 5.82. The number of halogens is 1. The van der Waals surface area contributed by atoms with Crippen molar-refractivity contribution in [3.05, 3.63) is 54.1 Å². The molecule has 1 aromatic carbocycles. The first-order valence-electron chi connectivity index (χ1n) is 11.2. The molecule has 7 nitrogen and oxygen atoms in total. The molecular formula is C24H29FN4O3. The number of carbonyl (C=O) groups is 2. The minimum atomic E-state index is -0.597. The number of nitrogens with one attached hydrogen (secondary N) is 3. The number of hydrogen-bond acceptors (Lipinski definition) is 5. The first kappa shape index (κ1) is 22.2. The monoisotopic (exact) mass is 440 g/mol. The molecule has 2 fully saturated rings. The number of pyridine rings is 1. The van der Waals surface area contributed by atoms with Crippen LogP contribution < -0.4 is 16.0 Å². The van der Waals surface area contributed by atoms with E-state index in [0.717, 1.165) is 25.5 Å². The Kier molecular flexibility index (Phi) is 7.32. The average Bonchev–Trinajstić information content (AvgIpc) is 3.49. The molecule has 0 bridgehead atoms. The maximum atomic E-state index is 13.9. The SMILES string of the molecule is O=C(N[C@@H](CC1CCCC1)C(=O)N[C@H]1CCOC1)c1cccc(Nc2ccncc2F)c1. The largest absolute Gasteiger partial charge is 0.379 e. The van der Waals surface area contributed by atoms with Gasteiger partial charge in [-0.25, -0.2) is 4.39 Å². The van der Waals surface area contributed by atoms with Gasteiger partial charge in [0.2, 0.25) is 5.91 Å². The van der Waals surface area contributed by atoms with E-state index in [2.05, 4.69) is 20.9 Å². The molecule has 2 heterocycles. The van der Waals surface area contributed by atoms with Crippen molar-refractivity contribution in [3.63, 3.8) is 0 Å². The predicted molar refractivity (Wildman–Crippen MR) is 119 cm³/mol. The lowest BCUT2D eigenvalue weighted by Crippen LogP contribution is -2.50. The summed E-state index contributed by atoms with van der Waals surface area (Å²) in [5.74, 6) is -0.529. The van der Waals surface area contributed by atoms with Crippen molar-refractivity contribution in [3.8, 4) is 0 Å². The highest BCUT2D eigenvalue weighted by atomic mass is 19.1. The van der Waals surface area contributed by atoms with E-state index >= 15 is 0 Å². The number of carbonyl (C=O) groups excluding carboxylic acids is 2. The first-order valence-corrected chi connectivity index (χ1v) is 11.2. The number of rotatable bonds is 8. The average molecular weight is 441 g/mol. The molecule has 0 unspecified atom stereocenters. The maximum Gasteiger partial charge on any atom is 0.252 e. The highest BCUT2D eigenvalue weighted by Crippen LogP contribution is 2.29. The van der Waals surface area contributed by atoms with Crippen molar-refractivity contribution in [2.24, 2.45) is 5.92 Å². The van der Waals surface area contributed by atoms with Crippen LogP contribution >= 0.6 is 0 Å². The fourth-order valence-corrected chi connectivity index (χ4v) is 4.37. The topological polar surface area (TPSA) is 92.4 Å². The highest BCUT2D eigenvalue weighted by Gasteiger charge is 2.29. The summed E-state index contributed by atoms with van der Waals surface area (Å²) in [4.78, 5) is 29.7. The zero-order valence-electron chi connectivity index (χ0n) is 18.0. The van der Waals surface area contributed by atoms with Gasteiger partial charge in [0.1, 0.15) is 6.04 Å². The molecule has 1 saturated carbocycles. The molecule has 3 N–H and O–H groups in total. The van der Waals surface area contributed by atoms with Crippen molar-refractivity contribution in [1.29, 1.82) is 0 Å². The van der Waals surface area contributed by atoms with Gasteiger partial charge in [-0.3, -0.25) is 14.6 Å². The molecule has 2 aromatic rings. The standard InChI is InChI=1S/C24H29FN4O3/c25-20-14-26-10-8-21(20)27-18-7-3-6-17(13-18)23(30)29-22(12-16-4-1-2-5-16)24(31)28-19-9-11-32-15-19/h3,6-8,10,13-14,16,19,22H,1-2,4-5,9,11-12,15H2,(H,26,27)(H,28,31)(H,29,30)/t19-,22-/m0/s1. The maximum absolute atomic E-state index is 13.9. The van der Waals surface area contributed by atoms with Gasteiger partial charge in [0.25, 0.3) is 5.91 Å². The van der Waals surface area contributed by atoms with Gasteiger partial charge < -0.3 is 20.7 Å². The molecule has 2 atom stereocenters. The van der Waals surface area contributed by atoms with Crippen LogP contribution in [0.4, 0.5) is 15.8 Å². The Hall–Kier alpha value is -3.00. The van der Waals surface area contributed by atoms with E-state index in [9.17, 15) is 14.0 Å². The van der Waals surface area contributed by atoms with Crippen LogP contribution in [0.15, 0.2) is 42.7 Å². The molecule has 32 heavy (non-hydrogen) atoms. The number of amides is 2. The first-order chi connectivity index (χ1) is 15.6. The quantitative estimate of drug-likeness (QED) is 0.584. The van der Waals surface area contributed by atoms with Crippen molar-refractivity contribution in [2.75, 3.05) is 18.5 Å². The van der Waals surface area contributed by atoms with Crippen molar-refractivity contribution < 1.29 is 18.7 Å². The molecule has 1 aliphatic heterocycles.